The van der Waals surface area contributed by atoms with Crippen molar-refractivity contribution in [2.24, 2.45) is 5.92 Å². The number of Topliss-reactive ketones (excluding diaryl/α,β-unsaturated/α-hetero) is 1. The van der Waals surface area contributed by atoms with Gasteiger partial charge in [-0.05, 0) is 48.1 Å². The minimum absolute atomic E-state index is 0. The van der Waals surface area contributed by atoms with Gasteiger partial charge in [0.05, 0.1) is 0 Å². The molecule has 0 aliphatic heterocycles. The van der Waals surface area contributed by atoms with Crippen LogP contribution in [-0.4, -0.2) is 17.7 Å². The van der Waals surface area contributed by atoms with Crippen molar-refractivity contribution in [2.45, 2.75) is 45.4 Å². The molecule has 0 heterocycles. The van der Waals surface area contributed by atoms with E-state index < -0.39 is 11.9 Å². The van der Waals surface area contributed by atoms with Gasteiger partial charge in [0.15, 0.2) is 5.78 Å². The van der Waals surface area contributed by atoms with Crippen LogP contribution < -0.4 is 40.0 Å². The predicted molar refractivity (Wildman–Crippen MR) is 132 cm³/mol. The molecule has 1 N–H and O–H groups in total. The molecule has 0 bridgehead atoms. The van der Waals surface area contributed by atoms with Crippen LogP contribution in [0, 0.1) is 5.92 Å². The third kappa shape index (κ3) is 9.10. The van der Waals surface area contributed by atoms with E-state index in [2.05, 4.69) is 12.2 Å². The second-order valence-corrected chi connectivity index (χ2v) is 8.47. The van der Waals surface area contributed by atoms with Crippen LogP contribution in [0.2, 0.25) is 0 Å². The molecule has 0 spiro atoms. The Bertz CT molecular complexity index is 1100. The number of carboxylic acid groups (broad SMARTS) is 1. The van der Waals surface area contributed by atoms with E-state index in [-0.39, 0.29) is 47.7 Å². The average molecular weight is 480 g/mol. The fraction of sp³-hybridized carbons (Fsp3) is 0.276. The Morgan fingerprint density at radius 2 is 1.46 bits per heavy atom. The molecule has 35 heavy (non-hydrogen) atoms. The van der Waals surface area contributed by atoms with Gasteiger partial charge >= 0.3 is 29.6 Å². The molecular weight excluding hydrogens is 449 g/mol. The molecule has 0 saturated carbocycles. The molecule has 3 aromatic rings. The number of nitrogens with one attached hydrogen (secondary N) is 1. The van der Waals surface area contributed by atoms with Gasteiger partial charge in [0, 0.05) is 36.0 Å². The number of aryl methyl sites for hydroxylation is 1. The fourth-order valence-corrected chi connectivity index (χ4v) is 3.79. The van der Waals surface area contributed by atoms with Crippen molar-refractivity contribution < 1.29 is 49.0 Å². The van der Waals surface area contributed by atoms with Crippen molar-refractivity contribution in [3.63, 3.8) is 0 Å². The Hall–Kier alpha value is -2.73. The van der Waals surface area contributed by atoms with Crippen molar-refractivity contribution >= 4 is 23.3 Å². The first-order chi connectivity index (χ1) is 16.5. The molecule has 1 unspecified atom stereocenters. The number of unbranched alkanes of at least 4 members (excludes halogenated alkanes) is 1. The summed E-state index contributed by atoms with van der Waals surface area (Å²) in [4.78, 5) is 36.2. The van der Waals surface area contributed by atoms with E-state index in [0.717, 1.165) is 35.2 Å². The molecular formula is C29H30NNaO4. The molecule has 0 fully saturated rings. The minimum Gasteiger partial charge on any atom is -0.550 e. The molecule has 0 saturated heterocycles. The number of carbonyl (C=O) groups excluding carboxylic acids is 3. The van der Waals surface area contributed by atoms with Crippen LogP contribution in [0.5, 0.6) is 0 Å². The van der Waals surface area contributed by atoms with Crippen LogP contribution >= 0.6 is 0 Å². The molecule has 1 atom stereocenters. The number of benzene rings is 3. The number of ketones is 1. The first kappa shape index (κ1) is 28.5. The van der Waals surface area contributed by atoms with E-state index in [1.54, 1.807) is 12.1 Å². The maximum Gasteiger partial charge on any atom is 1.00 e. The molecule has 0 aliphatic carbocycles. The zero-order valence-electron chi connectivity index (χ0n) is 20.5. The predicted octanol–water partition coefficient (Wildman–Crippen LogP) is 2.06. The molecule has 1 amide bonds. The summed E-state index contributed by atoms with van der Waals surface area (Å²) in [5, 5.41) is 14.5. The van der Waals surface area contributed by atoms with Gasteiger partial charge in [-0.25, -0.2) is 0 Å². The number of hydrogen-bond donors (Lipinski definition) is 1. The molecule has 5 nitrogen and oxygen atoms in total. The first-order valence-corrected chi connectivity index (χ1v) is 11.7. The Morgan fingerprint density at radius 1 is 0.857 bits per heavy atom. The quantitative estimate of drug-likeness (QED) is 0.318. The summed E-state index contributed by atoms with van der Waals surface area (Å²) in [6, 6.07) is 24.3. The van der Waals surface area contributed by atoms with E-state index in [4.69, 9.17) is 0 Å². The van der Waals surface area contributed by atoms with Crippen LogP contribution in [0.1, 0.15) is 54.9 Å². The SMILES string of the molecule is CCCCC(=O)Nc1ccc(-c2ccc(C(=O)CC(CCc3ccccc3)C(=O)[O-])cc2)cc1.[Na+]. The Kier molecular flexibility index (Phi) is 11.9. The van der Waals surface area contributed by atoms with Gasteiger partial charge in [-0.2, -0.15) is 0 Å². The van der Waals surface area contributed by atoms with Crippen molar-refractivity contribution in [2.75, 3.05) is 5.32 Å². The minimum atomic E-state index is -1.19. The molecule has 0 radical (unpaired) electrons. The molecule has 176 valence electrons. The molecule has 6 heteroatoms. The normalized spacial score (nSPS) is 11.2. The van der Waals surface area contributed by atoms with E-state index >= 15 is 0 Å². The number of anilines is 1. The van der Waals surface area contributed by atoms with E-state index in [1.807, 2.05) is 66.7 Å². The summed E-state index contributed by atoms with van der Waals surface area (Å²) in [7, 11) is 0. The summed E-state index contributed by atoms with van der Waals surface area (Å²) in [6.07, 6.45) is 3.22. The van der Waals surface area contributed by atoms with Crippen LogP contribution in [0.3, 0.4) is 0 Å². The van der Waals surface area contributed by atoms with Crippen molar-refractivity contribution in [3.8, 4) is 11.1 Å². The maximum absolute atomic E-state index is 12.7. The van der Waals surface area contributed by atoms with Gasteiger partial charge in [-0.1, -0.05) is 80.1 Å². The van der Waals surface area contributed by atoms with Crippen LogP contribution in [-0.2, 0) is 16.0 Å². The number of hydrogen-bond acceptors (Lipinski definition) is 4. The number of carbonyl (C=O) groups is 3. The van der Waals surface area contributed by atoms with Gasteiger partial charge in [-0.15, -0.1) is 0 Å². The van der Waals surface area contributed by atoms with E-state index in [1.165, 1.54) is 0 Å². The molecule has 0 aliphatic rings. The average Bonchev–Trinajstić information content (AvgIpc) is 2.86. The van der Waals surface area contributed by atoms with Crippen molar-refractivity contribution in [1.82, 2.24) is 0 Å². The number of carboxylic acids is 1. The smallest absolute Gasteiger partial charge is 0.550 e. The first-order valence-electron chi connectivity index (χ1n) is 11.7. The van der Waals surface area contributed by atoms with Crippen LogP contribution in [0.25, 0.3) is 11.1 Å². The van der Waals surface area contributed by atoms with Gasteiger partial charge in [0.1, 0.15) is 0 Å². The Morgan fingerprint density at radius 3 is 2.03 bits per heavy atom. The summed E-state index contributed by atoms with van der Waals surface area (Å²) >= 11 is 0. The Labute approximate surface area is 229 Å². The summed E-state index contributed by atoms with van der Waals surface area (Å²) < 4.78 is 0. The Balaban J connectivity index is 0.00000432. The van der Waals surface area contributed by atoms with Gasteiger partial charge in [0.2, 0.25) is 5.91 Å². The molecule has 3 rings (SSSR count). The van der Waals surface area contributed by atoms with E-state index in [9.17, 15) is 19.5 Å². The number of amides is 1. The van der Waals surface area contributed by atoms with Crippen LogP contribution in [0.4, 0.5) is 5.69 Å². The van der Waals surface area contributed by atoms with Gasteiger partial charge in [-0.3, -0.25) is 9.59 Å². The van der Waals surface area contributed by atoms with Crippen LogP contribution in [0.15, 0.2) is 78.9 Å². The van der Waals surface area contributed by atoms with Crippen molar-refractivity contribution in [3.05, 3.63) is 90.0 Å². The van der Waals surface area contributed by atoms with Gasteiger partial charge in [0.25, 0.3) is 0 Å². The number of rotatable bonds is 12. The zero-order chi connectivity index (χ0) is 24.3. The monoisotopic (exact) mass is 479 g/mol. The van der Waals surface area contributed by atoms with Gasteiger partial charge < -0.3 is 15.2 Å². The number of aliphatic carboxylic acids is 1. The second kappa shape index (κ2) is 14.6. The zero-order valence-corrected chi connectivity index (χ0v) is 22.5. The molecule has 3 aromatic carbocycles. The standard InChI is InChI=1S/C29H31NO4.Na/c1-2-3-9-28(32)30-26-18-16-23(17-19-26)22-12-14-24(15-13-22)27(31)20-25(29(33)34)11-10-21-7-5-4-6-8-21;/h4-8,12-19,25H,2-3,9-11,20H2,1H3,(H,30,32)(H,33,34);/q;+1/p-1. The summed E-state index contributed by atoms with van der Waals surface area (Å²) in [5.74, 6) is -2.22. The second-order valence-electron chi connectivity index (χ2n) is 8.47. The summed E-state index contributed by atoms with van der Waals surface area (Å²) in [5.41, 5.74) is 4.16. The third-order valence-corrected chi connectivity index (χ3v) is 5.86. The molecule has 0 aromatic heterocycles. The topological polar surface area (TPSA) is 86.3 Å². The summed E-state index contributed by atoms with van der Waals surface area (Å²) in [6.45, 7) is 2.05. The van der Waals surface area contributed by atoms with Crippen molar-refractivity contribution in [1.29, 1.82) is 0 Å². The fourth-order valence-electron chi connectivity index (χ4n) is 3.79. The van der Waals surface area contributed by atoms with E-state index in [0.29, 0.717) is 24.8 Å². The largest absolute Gasteiger partial charge is 1.00 e. The third-order valence-electron chi connectivity index (χ3n) is 5.86. The maximum atomic E-state index is 12.7.